The molecule has 16 heavy (non-hydrogen) atoms. The highest BCUT2D eigenvalue weighted by molar-refractivity contribution is 8.13. The largest absolute Gasteiger partial charge is 0.318 e. The number of thioether (sulfide) groups is 1. The molecule has 0 aromatic heterocycles. The summed E-state index contributed by atoms with van der Waals surface area (Å²) >= 11 is 7.57. The molecule has 3 nitrogen and oxygen atoms in total. The third-order valence-corrected chi connectivity index (χ3v) is 3.60. The first-order valence-corrected chi connectivity index (χ1v) is 6.57. The Hall–Kier alpha value is -0.710. The minimum absolute atomic E-state index is 0.784. The van der Waals surface area contributed by atoms with Gasteiger partial charge in [-0.2, -0.15) is 0 Å². The van der Waals surface area contributed by atoms with Crippen LogP contribution in [-0.2, 0) is 5.75 Å². The molecule has 0 aliphatic carbocycles. The van der Waals surface area contributed by atoms with Crippen molar-refractivity contribution in [3.05, 3.63) is 34.9 Å². The van der Waals surface area contributed by atoms with E-state index in [4.69, 9.17) is 11.6 Å². The summed E-state index contributed by atoms with van der Waals surface area (Å²) in [5, 5.41) is 5.13. The van der Waals surface area contributed by atoms with E-state index in [1.165, 1.54) is 10.5 Å². The van der Waals surface area contributed by atoms with Crippen molar-refractivity contribution in [2.45, 2.75) is 5.75 Å². The van der Waals surface area contributed by atoms with Gasteiger partial charge in [0.2, 0.25) is 0 Å². The van der Waals surface area contributed by atoms with Crippen LogP contribution in [-0.4, -0.2) is 25.6 Å². The lowest BCUT2D eigenvalue weighted by molar-refractivity contribution is -0.882. The summed E-state index contributed by atoms with van der Waals surface area (Å²) in [6.45, 7) is 1.81. The van der Waals surface area contributed by atoms with Gasteiger partial charge in [0.25, 0.3) is 0 Å². The van der Waals surface area contributed by atoms with Crippen molar-refractivity contribution in [3.63, 3.8) is 0 Å². The van der Waals surface area contributed by atoms with Crippen molar-refractivity contribution in [2.75, 3.05) is 20.4 Å². The number of halogens is 1. The summed E-state index contributed by atoms with van der Waals surface area (Å²) in [6.07, 6.45) is 0. The molecule has 1 aromatic rings. The first kappa shape index (κ1) is 11.8. The van der Waals surface area contributed by atoms with Crippen molar-refractivity contribution in [1.82, 2.24) is 5.32 Å². The van der Waals surface area contributed by atoms with Crippen LogP contribution in [0.5, 0.6) is 0 Å². The van der Waals surface area contributed by atoms with Gasteiger partial charge in [-0.1, -0.05) is 35.5 Å². The maximum atomic E-state index is 5.83. The van der Waals surface area contributed by atoms with E-state index in [1.807, 2.05) is 12.1 Å². The van der Waals surface area contributed by atoms with E-state index in [0.29, 0.717) is 0 Å². The third-order valence-electron chi connectivity index (χ3n) is 2.32. The molecule has 5 heteroatoms. The van der Waals surface area contributed by atoms with Gasteiger partial charge in [-0.3, -0.25) is 0 Å². The van der Waals surface area contributed by atoms with Crippen LogP contribution in [0.15, 0.2) is 29.3 Å². The number of nitrogens with one attached hydrogen (secondary N) is 2. The average molecular weight is 257 g/mol. The van der Waals surface area contributed by atoms with Crippen LogP contribution in [0.2, 0.25) is 5.02 Å². The summed E-state index contributed by atoms with van der Waals surface area (Å²) in [5.41, 5.74) is 1.27. The van der Waals surface area contributed by atoms with Gasteiger partial charge in [0.1, 0.15) is 0 Å². The van der Waals surface area contributed by atoms with Gasteiger partial charge < -0.3 is 10.2 Å². The Bertz CT molecular complexity index is 377. The van der Waals surface area contributed by atoms with E-state index in [9.17, 15) is 0 Å². The molecule has 1 atom stereocenters. The van der Waals surface area contributed by atoms with Crippen LogP contribution in [0.25, 0.3) is 0 Å². The highest BCUT2D eigenvalue weighted by atomic mass is 35.5. The molecule has 0 radical (unpaired) electrons. The van der Waals surface area contributed by atoms with Crippen LogP contribution < -0.4 is 10.2 Å². The number of benzene rings is 1. The minimum Gasteiger partial charge on any atom is -0.318 e. The van der Waals surface area contributed by atoms with Crippen LogP contribution in [0.1, 0.15) is 5.56 Å². The molecule has 1 aliphatic heterocycles. The van der Waals surface area contributed by atoms with E-state index in [2.05, 4.69) is 29.5 Å². The second-order valence-electron chi connectivity index (χ2n) is 3.85. The van der Waals surface area contributed by atoms with E-state index < -0.39 is 0 Å². The molecule has 86 valence electrons. The lowest BCUT2D eigenvalue weighted by atomic mass is 10.2. The molecule has 0 saturated carbocycles. The Morgan fingerprint density at radius 3 is 2.81 bits per heavy atom. The molecule has 0 saturated heterocycles. The van der Waals surface area contributed by atoms with E-state index in [1.54, 1.807) is 11.8 Å². The first-order valence-electron chi connectivity index (χ1n) is 5.21. The number of nitrogens with zero attached hydrogens (tertiary/aromatic N) is 1. The number of quaternary nitrogens is 1. The van der Waals surface area contributed by atoms with Crippen molar-refractivity contribution in [3.8, 4) is 0 Å². The van der Waals surface area contributed by atoms with Crippen molar-refractivity contribution >= 4 is 28.5 Å². The fraction of sp³-hybridized carbons (Fsp3) is 0.364. The van der Waals surface area contributed by atoms with Gasteiger partial charge >= 0.3 is 0 Å². The number of hydrogen-bond acceptors (Lipinski definition) is 3. The van der Waals surface area contributed by atoms with Crippen molar-refractivity contribution in [1.29, 1.82) is 0 Å². The molecule has 1 unspecified atom stereocenters. The second-order valence-corrected chi connectivity index (χ2v) is 5.25. The van der Waals surface area contributed by atoms with Crippen LogP contribution in [0.3, 0.4) is 0 Å². The quantitative estimate of drug-likeness (QED) is 0.826. The van der Waals surface area contributed by atoms with E-state index >= 15 is 0 Å². The molecule has 1 heterocycles. The standard InChI is InChI=1S/C11H14ClN3S/c1-15-7-13-11(14-8-15)16-6-9-2-4-10(12)5-3-9/h2-5H,6-8H2,1H3,(H,13,14)/p+1. The number of hydrogen-bond donors (Lipinski definition) is 2. The Morgan fingerprint density at radius 2 is 2.19 bits per heavy atom. The number of amidine groups is 1. The topological polar surface area (TPSA) is 28.8 Å². The van der Waals surface area contributed by atoms with Crippen LogP contribution in [0, 0.1) is 0 Å². The second kappa shape index (κ2) is 5.57. The van der Waals surface area contributed by atoms with Gasteiger partial charge in [0.15, 0.2) is 18.5 Å². The summed E-state index contributed by atoms with van der Waals surface area (Å²) < 4.78 is 0. The zero-order valence-electron chi connectivity index (χ0n) is 9.16. The molecule has 1 aromatic carbocycles. The number of aliphatic imine (C=N–C) groups is 1. The predicted molar refractivity (Wildman–Crippen MR) is 69.9 cm³/mol. The van der Waals surface area contributed by atoms with Gasteiger partial charge in [-0.15, -0.1) is 0 Å². The van der Waals surface area contributed by atoms with Gasteiger partial charge in [-0.25, -0.2) is 4.99 Å². The lowest BCUT2D eigenvalue weighted by Crippen LogP contribution is -3.11. The van der Waals surface area contributed by atoms with Gasteiger partial charge in [0, 0.05) is 10.8 Å². The summed E-state index contributed by atoms with van der Waals surface area (Å²) in [7, 11) is 2.12. The SMILES string of the molecule is C[NH+]1CN=C(SCc2ccc(Cl)cc2)NC1. The van der Waals surface area contributed by atoms with E-state index in [0.717, 1.165) is 29.3 Å². The highest BCUT2D eigenvalue weighted by Gasteiger charge is 2.10. The Balaban J connectivity index is 1.85. The van der Waals surface area contributed by atoms with Crippen molar-refractivity contribution < 1.29 is 4.90 Å². The minimum atomic E-state index is 0.784. The predicted octanol–water partition coefficient (Wildman–Crippen LogP) is 0.962. The molecule has 1 aliphatic rings. The molecule has 2 N–H and O–H groups in total. The zero-order valence-corrected chi connectivity index (χ0v) is 10.7. The lowest BCUT2D eigenvalue weighted by Gasteiger charge is -2.19. The van der Waals surface area contributed by atoms with Gasteiger partial charge in [-0.05, 0) is 17.7 Å². The Kier molecular flexibility index (Phi) is 4.09. The molecular formula is C11H15ClN3S+. The van der Waals surface area contributed by atoms with Crippen LogP contribution >= 0.6 is 23.4 Å². The summed E-state index contributed by atoms with van der Waals surface area (Å²) in [5.74, 6) is 0.933. The number of rotatable bonds is 2. The molecule has 0 fully saturated rings. The monoisotopic (exact) mass is 256 g/mol. The first-order chi connectivity index (χ1) is 7.74. The van der Waals surface area contributed by atoms with E-state index in [-0.39, 0.29) is 0 Å². The molecular weight excluding hydrogens is 242 g/mol. The zero-order chi connectivity index (χ0) is 11.4. The highest BCUT2D eigenvalue weighted by Crippen LogP contribution is 2.16. The normalized spacial score (nSPS) is 20.1. The average Bonchev–Trinajstić information content (AvgIpc) is 2.30. The van der Waals surface area contributed by atoms with Crippen molar-refractivity contribution in [2.24, 2.45) is 4.99 Å². The summed E-state index contributed by atoms with van der Waals surface area (Å²) in [6, 6.07) is 7.95. The summed E-state index contributed by atoms with van der Waals surface area (Å²) in [4.78, 5) is 5.83. The fourth-order valence-corrected chi connectivity index (χ4v) is 2.33. The fourth-order valence-electron chi connectivity index (χ4n) is 1.37. The molecule has 0 bridgehead atoms. The Labute approximate surface area is 105 Å². The molecule has 2 rings (SSSR count). The maximum absolute atomic E-state index is 5.83. The smallest absolute Gasteiger partial charge is 0.175 e. The third kappa shape index (κ3) is 3.40. The van der Waals surface area contributed by atoms with Crippen LogP contribution in [0.4, 0.5) is 0 Å². The Morgan fingerprint density at radius 1 is 1.44 bits per heavy atom. The molecule has 0 spiro atoms. The maximum Gasteiger partial charge on any atom is 0.175 e. The molecule has 0 amide bonds. The van der Waals surface area contributed by atoms with Gasteiger partial charge in [0.05, 0.1) is 7.05 Å².